The number of amides is 1. The predicted octanol–water partition coefficient (Wildman–Crippen LogP) is 3.74. The molecule has 1 aliphatic heterocycles. The highest BCUT2D eigenvalue weighted by molar-refractivity contribution is 7.99. The summed E-state index contributed by atoms with van der Waals surface area (Å²) in [6.07, 6.45) is 0.816. The smallest absolute Gasteiger partial charge is 0.252 e. The van der Waals surface area contributed by atoms with Crippen LogP contribution in [0.3, 0.4) is 0 Å². The largest absolute Gasteiger partial charge is 0.492 e. The first-order valence-corrected chi connectivity index (χ1v) is 9.59. The number of hydrogen-bond donors (Lipinski definition) is 0. The lowest BCUT2D eigenvalue weighted by atomic mass is 10.1. The number of hydrazone groups is 1. The second kappa shape index (κ2) is 8.72. The summed E-state index contributed by atoms with van der Waals surface area (Å²) in [4.78, 5) is 12.3. The van der Waals surface area contributed by atoms with Crippen molar-refractivity contribution in [1.29, 1.82) is 0 Å². The van der Waals surface area contributed by atoms with Gasteiger partial charge < -0.3 is 4.74 Å². The van der Waals surface area contributed by atoms with E-state index in [0.29, 0.717) is 18.9 Å². The molecule has 0 unspecified atom stereocenters. The van der Waals surface area contributed by atoms with E-state index < -0.39 is 0 Å². The van der Waals surface area contributed by atoms with Gasteiger partial charge >= 0.3 is 0 Å². The van der Waals surface area contributed by atoms with Gasteiger partial charge in [0.2, 0.25) is 0 Å². The number of para-hydroxylation sites is 1. The summed E-state index contributed by atoms with van der Waals surface area (Å²) >= 11 is 1.58. The molecule has 0 atom stereocenters. The third-order valence-corrected chi connectivity index (χ3v) is 4.91. The first-order chi connectivity index (χ1) is 12.2. The maximum atomic E-state index is 12.3. The number of carbonyl (C=O) groups is 1. The van der Waals surface area contributed by atoms with Gasteiger partial charge in [0.15, 0.2) is 0 Å². The Labute approximate surface area is 152 Å². The second-order valence-electron chi connectivity index (χ2n) is 5.85. The van der Waals surface area contributed by atoms with Crippen LogP contribution in [0.2, 0.25) is 0 Å². The van der Waals surface area contributed by atoms with Crippen molar-refractivity contribution in [2.75, 3.05) is 24.7 Å². The zero-order valence-corrected chi connectivity index (χ0v) is 15.2. The molecule has 0 bridgehead atoms. The van der Waals surface area contributed by atoms with E-state index in [2.05, 4.69) is 5.10 Å². The van der Waals surface area contributed by atoms with Crippen LogP contribution in [-0.4, -0.2) is 41.3 Å². The summed E-state index contributed by atoms with van der Waals surface area (Å²) in [5.74, 6) is 2.18. The summed E-state index contributed by atoms with van der Waals surface area (Å²) in [5, 5.41) is 6.07. The van der Waals surface area contributed by atoms with E-state index in [1.54, 1.807) is 16.8 Å². The van der Waals surface area contributed by atoms with Crippen LogP contribution in [0.25, 0.3) is 0 Å². The van der Waals surface area contributed by atoms with Gasteiger partial charge in [-0.25, -0.2) is 5.01 Å². The van der Waals surface area contributed by atoms with E-state index in [0.717, 1.165) is 34.8 Å². The molecule has 4 nitrogen and oxygen atoms in total. The SMILES string of the molecule is Cc1ccccc1OCCSCC(=O)N1CCC(c2ccccc2)=N1. The summed E-state index contributed by atoms with van der Waals surface area (Å²) in [5.41, 5.74) is 3.21. The van der Waals surface area contributed by atoms with Crippen molar-refractivity contribution in [1.82, 2.24) is 5.01 Å². The van der Waals surface area contributed by atoms with Gasteiger partial charge in [-0.05, 0) is 24.1 Å². The van der Waals surface area contributed by atoms with Crippen molar-refractivity contribution >= 4 is 23.4 Å². The number of aryl methyl sites for hydroxylation is 1. The van der Waals surface area contributed by atoms with E-state index in [1.165, 1.54) is 0 Å². The predicted molar refractivity (Wildman–Crippen MR) is 103 cm³/mol. The second-order valence-corrected chi connectivity index (χ2v) is 6.95. The van der Waals surface area contributed by atoms with Gasteiger partial charge in [0.25, 0.3) is 5.91 Å². The molecule has 130 valence electrons. The number of hydrogen-bond acceptors (Lipinski definition) is 4. The molecule has 0 aliphatic carbocycles. The molecule has 0 saturated carbocycles. The normalized spacial score (nSPS) is 13.6. The molecule has 5 heteroatoms. The number of nitrogens with zero attached hydrogens (tertiary/aromatic N) is 2. The summed E-state index contributed by atoms with van der Waals surface area (Å²) in [6.45, 7) is 3.30. The Bertz CT molecular complexity index is 746. The summed E-state index contributed by atoms with van der Waals surface area (Å²) < 4.78 is 5.75. The highest BCUT2D eigenvalue weighted by Crippen LogP contribution is 2.17. The molecule has 0 fully saturated rings. The molecular formula is C20H22N2O2S. The third kappa shape index (κ3) is 4.86. The van der Waals surface area contributed by atoms with E-state index >= 15 is 0 Å². The quantitative estimate of drug-likeness (QED) is 0.711. The van der Waals surface area contributed by atoms with E-state index in [-0.39, 0.29) is 5.91 Å². The van der Waals surface area contributed by atoms with Crippen LogP contribution in [-0.2, 0) is 4.79 Å². The van der Waals surface area contributed by atoms with E-state index in [9.17, 15) is 4.79 Å². The van der Waals surface area contributed by atoms with Crippen LogP contribution < -0.4 is 4.74 Å². The van der Waals surface area contributed by atoms with Gasteiger partial charge in [0.1, 0.15) is 5.75 Å². The van der Waals surface area contributed by atoms with Crippen LogP contribution in [0.5, 0.6) is 5.75 Å². The minimum absolute atomic E-state index is 0.0619. The standard InChI is InChI=1S/C20H22N2O2S/c1-16-7-5-6-10-19(16)24-13-14-25-15-20(23)22-12-11-18(21-22)17-8-3-2-4-9-17/h2-10H,11-15H2,1H3. The molecule has 0 saturated heterocycles. The monoisotopic (exact) mass is 354 g/mol. The number of benzene rings is 2. The Hall–Kier alpha value is -2.27. The molecule has 1 heterocycles. The fourth-order valence-electron chi connectivity index (χ4n) is 2.63. The zero-order chi connectivity index (χ0) is 17.5. The highest BCUT2D eigenvalue weighted by Gasteiger charge is 2.21. The molecule has 0 radical (unpaired) electrons. The van der Waals surface area contributed by atoms with Crippen molar-refractivity contribution in [2.24, 2.45) is 5.10 Å². The number of carbonyl (C=O) groups excluding carboxylic acids is 1. The molecule has 3 rings (SSSR count). The molecule has 0 spiro atoms. The Balaban J connectivity index is 1.40. The first-order valence-electron chi connectivity index (χ1n) is 8.43. The average molecular weight is 354 g/mol. The van der Waals surface area contributed by atoms with Gasteiger partial charge in [0, 0.05) is 12.2 Å². The molecule has 1 aliphatic rings. The minimum Gasteiger partial charge on any atom is -0.492 e. The third-order valence-electron chi connectivity index (χ3n) is 4.00. The van der Waals surface area contributed by atoms with Crippen LogP contribution in [0.1, 0.15) is 17.5 Å². The fourth-order valence-corrected chi connectivity index (χ4v) is 3.30. The van der Waals surface area contributed by atoms with Gasteiger partial charge in [-0.1, -0.05) is 48.5 Å². The van der Waals surface area contributed by atoms with Crippen molar-refractivity contribution in [3.05, 3.63) is 65.7 Å². The topological polar surface area (TPSA) is 41.9 Å². The Kier molecular flexibility index (Phi) is 6.12. The molecule has 1 amide bonds. The van der Waals surface area contributed by atoms with E-state index in [1.807, 2.05) is 61.5 Å². The molecule has 2 aromatic rings. The lowest BCUT2D eigenvalue weighted by Crippen LogP contribution is -2.25. The fraction of sp³-hybridized carbons (Fsp3) is 0.300. The number of thioether (sulfide) groups is 1. The molecule has 0 N–H and O–H groups in total. The minimum atomic E-state index is 0.0619. The van der Waals surface area contributed by atoms with Crippen LogP contribution in [0.4, 0.5) is 0 Å². The number of ether oxygens (including phenoxy) is 1. The van der Waals surface area contributed by atoms with Gasteiger partial charge in [-0.15, -0.1) is 11.8 Å². The van der Waals surface area contributed by atoms with Crippen molar-refractivity contribution in [3.8, 4) is 5.75 Å². The highest BCUT2D eigenvalue weighted by atomic mass is 32.2. The molecule has 25 heavy (non-hydrogen) atoms. The summed E-state index contributed by atoms with van der Waals surface area (Å²) in [6, 6.07) is 18.0. The maximum absolute atomic E-state index is 12.3. The van der Waals surface area contributed by atoms with Crippen molar-refractivity contribution in [3.63, 3.8) is 0 Å². The Morgan fingerprint density at radius 1 is 1.16 bits per heavy atom. The van der Waals surface area contributed by atoms with Crippen molar-refractivity contribution < 1.29 is 9.53 Å². The molecule has 2 aromatic carbocycles. The van der Waals surface area contributed by atoms with E-state index in [4.69, 9.17) is 4.74 Å². The zero-order valence-electron chi connectivity index (χ0n) is 14.4. The first kappa shape index (κ1) is 17.5. The van der Waals surface area contributed by atoms with Gasteiger partial charge in [-0.2, -0.15) is 5.10 Å². The van der Waals surface area contributed by atoms with Crippen LogP contribution in [0, 0.1) is 6.92 Å². The lowest BCUT2D eigenvalue weighted by Gasteiger charge is -2.11. The summed E-state index contributed by atoms with van der Waals surface area (Å²) in [7, 11) is 0. The van der Waals surface area contributed by atoms with Crippen LogP contribution >= 0.6 is 11.8 Å². The maximum Gasteiger partial charge on any atom is 0.252 e. The Morgan fingerprint density at radius 3 is 2.72 bits per heavy atom. The molecular weight excluding hydrogens is 332 g/mol. The van der Waals surface area contributed by atoms with Gasteiger partial charge in [0.05, 0.1) is 24.6 Å². The average Bonchev–Trinajstić information content (AvgIpc) is 3.14. The van der Waals surface area contributed by atoms with Crippen LogP contribution in [0.15, 0.2) is 59.7 Å². The van der Waals surface area contributed by atoms with Crippen molar-refractivity contribution in [2.45, 2.75) is 13.3 Å². The lowest BCUT2D eigenvalue weighted by molar-refractivity contribution is -0.127. The van der Waals surface area contributed by atoms with Gasteiger partial charge in [-0.3, -0.25) is 4.79 Å². The molecule has 0 aromatic heterocycles. The number of rotatable bonds is 7. The Morgan fingerprint density at radius 2 is 1.92 bits per heavy atom.